The largest absolute Gasteiger partial charge is 0.440 e. The van der Waals surface area contributed by atoms with Crippen LogP contribution in [0, 0.1) is 0 Å². The molecule has 4 aromatic rings. The van der Waals surface area contributed by atoms with Crippen molar-refractivity contribution in [3.05, 3.63) is 60.6 Å². The molecule has 22 heavy (non-hydrogen) atoms. The summed E-state index contributed by atoms with van der Waals surface area (Å²) in [4.78, 5) is 9.02. The summed E-state index contributed by atoms with van der Waals surface area (Å²) in [5, 5.41) is 1.15. The van der Waals surface area contributed by atoms with Crippen LogP contribution < -0.4 is 0 Å². The summed E-state index contributed by atoms with van der Waals surface area (Å²) in [5.41, 5.74) is 5.05. The van der Waals surface area contributed by atoms with Gasteiger partial charge in [0.1, 0.15) is 5.52 Å². The molecule has 0 radical (unpaired) electrons. The molecule has 0 spiro atoms. The molecule has 0 aliphatic rings. The minimum Gasteiger partial charge on any atom is -0.440 e. The van der Waals surface area contributed by atoms with Gasteiger partial charge in [0.2, 0.25) is 0 Å². The lowest BCUT2D eigenvalue weighted by molar-refractivity contribution is 0.501. The van der Waals surface area contributed by atoms with E-state index in [0.29, 0.717) is 0 Å². The van der Waals surface area contributed by atoms with Gasteiger partial charge in [-0.05, 0) is 35.4 Å². The number of fused-ring (bicyclic) bond motifs is 2. The van der Waals surface area contributed by atoms with Crippen LogP contribution in [0.4, 0.5) is 0 Å². The van der Waals surface area contributed by atoms with Crippen molar-refractivity contribution in [2.24, 2.45) is 0 Å². The van der Waals surface area contributed by atoms with Gasteiger partial charge < -0.3 is 4.42 Å². The molecule has 0 bridgehead atoms. The quantitative estimate of drug-likeness (QED) is 0.511. The Hall–Kier alpha value is -2.68. The number of oxazole rings is 1. The second-order valence-electron chi connectivity index (χ2n) is 5.76. The van der Waals surface area contributed by atoms with E-state index in [0.717, 1.165) is 33.5 Å². The predicted molar refractivity (Wildman–Crippen MR) is 88.8 cm³/mol. The molecule has 2 aromatic carbocycles. The van der Waals surface area contributed by atoms with Crippen LogP contribution in [0.3, 0.4) is 0 Å². The molecule has 108 valence electrons. The Morgan fingerprint density at radius 3 is 2.73 bits per heavy atom. The average molecular weight is 288 g/mol. The van der Waals surface area contributed by atoms with Crippen LogP contribution >= 0.6 is 0 Å². The lowest BCUT2D eigenvalue weighted by Crippen LogP contribution is -1.85. The van der Waals surface area contributed by atoms with Crippen LogP contribution in [0.5, 0.6) is 0 Å². The van der Waals surface area contributed by atoms with E-state index < -0.39 is 0 Å². The van der Waals surface area contributed by atoms with Crippen molar-refractivity contribution in [2.45, 2.75) is 19.8 Å². The zero-order chi connectivity index (χ0) is 15.1. The van der Waals surface area contributed by atoms with E-state index >= 15 is 0 Å². The van der Waals surface area contributed by atoms with Gasteiger partial charge in [0.25, 0.3) is 0 Å². The predicted octanol–water partition coefficient (Wildman–Crippen LogP) is 5.17. The van der Waals surface area contributed by atoms with Gasteiger partial charge in [-0.1, -0.05) is 38.1 Å². The number of hydrogen-bond acceptors (Lipinski definition) is 3. The van der Waals surface area contributed by atoms with E-state index in [1.807, 2.05) is 30.5 Å². The van der Waals surface area contributed by atoms with E-state index in [4.69, 9.17) is 4.42 Å². The molecular weight excluding hydrogens is 272 g/mol. The zero-order valence-corrected chi connectivity index (χ0v) is 12.6. The summed E-state index contributed by atoms with van der Waals surface area (Å²) in [6.45, 7) is 4.17. The van der Waals surface area contributed by atoms with Crippen molar-refractivity contribution in [1.29, 1.82) is 0 Å². The number of benzene rings is 2. The van der Waals surface area contributed by atoms with Crippen LogP contribution in [0.1, 0.15) is 25.7 Å². The third-order valence-corrected chi connectivity index (χ3v) is 3.85. The van der Waals surface area contributed by atoms with Crippen LogP contribution in [0.25, 0.3) is 33.1 Å². The summed E-state index contributed by atoms with van der Waals surface area (Å²) in [7, 11) is 0. The van der Waals surface area contributed by atoms with Gasteiger partial charge in [0.15, 0.2) is 11.5 Å². The van der Waals surface area contributed by atoms with Crippen LogP contribution in [0.15, 0.2) is 59.1 Å². The fourth-order valence-electron chi connectivity index (χ4n) is 2.71. The van der Waals surface area contributed by atoms with Gasteiger partial charge in [-0.3, -0.25) is 4.98 Å². The van der Waals surface area contributed by atoms with Crippen molar-refractivity contribution in [1.82, 2.24) is 9.97 Å². The van der Waals surface area contributed by atoms with E-state index in [1.54, 1.807) is 0 Å². The van der Waals surface area contributed by atoms with Crippen molar-refractivity contribution >= 4 is 22.0 Å². The molecule has 0 amide bonds. The number of rotatable bonds is 2. The molecule has 0 aliphatic carbocycles. The Bertz CT molecular complexity index is 964. The van der Waals surface area contributed by atoms with Crippen molar-refractivity contribution in [2.75, 3.05) is 0 Å². The Balaban J connectivity index is 1.92. The first kappa shape index (κ1) is 13.0. The molecule has 3 nitrogen and oxygen atoms in total. The van der Waals surface area contributed by atoms with Crippen LogP contribution in [0.2, 0.25) is 0 Å². The lowest BCUT2D eigenvalue weighted by atomic mass is 10.0. The molecule has 0 unspecified atom stereocenters. The van der Waals surface area contributed by atoms with E-state index in [9.17, 15) is 0 Å². The molecule has 0 saturated carbocycles. The van der Waals surface area contributed by atoms with Crippen molar-refractivity contribution in [3.8, 4) is 11.1 Å². The number of aromatic nitrogens is 2. The van der Waals surface area contributed by atoms with Crippen molar-refractivity contribution < 1.29 is 4.42 Å². The fraction of sp³-hybridized carbons (Fsp3) is 0.158. The summed E-state index contributed by atoms with van der Waals surface area (Å²) < 4.78 is 5.78. The van der Waals surface area contributed by atoms with E-state index in [1.165, 1.54) is 5.56 Å². The highest BCUT2D eigenvalue weighted by molar-refractivity contribution is 5.96. The Labute approximate surface area is 128 Å². The average Bonchev–Trinajstić information content (AvgIpc) is 2.98. The number of hydrogen-bond donors (Lipinski definition) is 0. The lowest BCUT2D eigenvalue weighted by Gasteiger charge is -2.05. The normalized spacial score (nSPS) is 11.6. The highest BCUT2D eigenvalue weighted by Crippen LogP contribution is 2.30. The summed E-state index contributed by atoms with van der Waals surface area (Å²) >= 11 is 0. The van der Waals surface area contributed by atoms with Gasteiger partial charge in [0, 0.05) is 17.5 Å². The molecule has 2 heterocycles. The molecular formula is C19H16N2O. The highest BCUT2D eigenvalue weighted by Gasteiger charge is 2.11. The molecule has 4 rings (SSSR count). The molecule has 0 aliphatic heterocycles. The first-order valence-corrected chi connectivity index (χ1v) is 7.47. The molecule has 0 fully saturated rings. The summed E-state index contributed by atoms with van der Waals surface area (Å²) in [6.07, 6.45) is 1.82. The van der Waals surface area contributed by atoms with Gasteiger partial charge >= 0.3 is 0 Å². The Morgan fingerprint density at radius 1 is 0.955 bits per heavy atom. The first-order chi connectivity index (χ1) is 10.7. The Kier molecular flexibility index (Phi) is 2.93. The summed E-state index contributed by atoms with van der Waals surface area (Å²) in [5.74, 6) is 1.07. The van der Waals surface area contributed by atoms with Crippen LogP contribution in [-0.4, -0.2) is 9.97 Å². The highest BCUT2D eigenvalue weighted by atomic mass is 16.3. The molecule has 0 N–H and O–H groups in total. The van der Waals surface area contributed by atoms with Gasteiger partial charge in [0.05, 0.1) is 5.52 Å². The van der Waals surface area contributed by atoms with Gasteiger partial charge in [-0.2, -0.15) is 0 Å². The second kappa shape index (κ2) is 4.95. The third kappa shape index (κ3) is 2.06. The molecule has 3 heteroatoms. The van der Waals surface area contributed by atoms with Gasteiger partial charge in [-0.15, -0.1) is 0 Å². The van der Waals surface area contributed by atoms with E-state index in [-0.39, 0.29) is 5.92 Å². The number of pyridine rings is 1. The van der Waals surface area contributed by atoms with Crippen molar-refractivity contribution in [3.63, 3.8) is 0 Å². The molecule has 0 saturated heterocycles. The SMILES string of the molecule is CC(C)c1nc2cc(-c3cccc4ncccc34)ccc2o1. The fourth-order valence-corrected chi connectivity index (χ4v) is 2.71. The maximum Gasteiger partial charge on any atom is 0.198 e. The standard InChI is InChI=1S/C19H16N2O/c1-12(2)19-21-17-11-13(8-9-18(17)22-19)14-5-3-7-16-15(14)6-4-10-20-16/h3-12H,1-2H3. The van der Waals surface area contributed by atoms with E-state index in [2.05, 4.69) is 48.1 Å². The minimum atomic E-state index is 0.289. The zero-order valence-electron chi connectivity index (χ0n) is 12.6. The smallest absolute Gasteiger partial charge is 0.198 e. The molecule has 0 atom stereocenters. The third-order valence-electron chi connectivity index (χ3n) is 3.85. The maximum atomic E-state index is 5.78. The minimum absolute atomic E-state index is 0.289. The van der Waals surface area contributed by atoms with Crippen LogP contribution in [-0.2, 0) is 0 Å². The first-order valence-electron chi connectivity index (χ1n) is 7.47. The second-order valence-corrected chi connectivity index (χ2v) is 5.76. The maximum absolute atomic E-state index is 5.78. The Morgan fingerprint density at radius 2 is 1.86 bits per heavy atom. The van der Waals surface area contributed by atoms with Gasteiger partial charge in [-0.25, -0.2) is 4.98 Å². The molecule has 2 aromatic heterocycles. The topological polar surface area (TPSA) is 38.9 Å². The number of nitrogens with zero attached hydrogens (tertiary/aromatic N) is 2. The monoisotopic (exact) mass is 288 g/mol. The summed E-state index contributed by atoms with van der Waals surface area (Å²) in [6, 6.07) is 16.4.